The van der Waals surface area contributed by atoms with E-state index in [1.165, 1.54) is 43.7 Å². The van der Waals surface area contributed by atoms with Gasteiger partial charge in [-0.15, -0.1) is 0 Å². The van der Waals surface area contributed by atoms with E-state index in [1.807, 2.05) is 12.1 Å². The van der Waals surface area contributed by atoms with Crippen LogP contribution in [0.1, 0.15) is 0 Å². The van der Waals surface area contributed by atoms with Crippen LogP contribution in [-0.4, -0.2) is 14.3 Å². The van der Waals surface area contributed by atoms with Crippen molar-refractivity contribution in [1.82, 2.24) is 14.3 Å². The first kappa shape index (κ1) is 26.2. The molecule has 0 saturated heterocycles. The van der Waals surface area contributed by atoms with Crippen LogP contribution < -0.4 is 0 Å². The number of hydrogen-bond donors (Lipinski definition) is 0. The minimum Gasteiger partial charge on any atom is -0.309 e. The lowest BCUT2D eigenvalue weighted by molar-refractivity contribution is 0.891. The maximum atomic E-state index is 5.09. The Hall–Kier alpha value is -6.19. The molecule has 3 nitrogen and oxygen atoms in total. The second-order valence-electron chi connectivity index (χ2n) is 11.7. The summed E-state index contributed by atoms with van der Waals surface area (Å²) in [7, 11) is 0. The molecule has 0 unspecified atom stereocenters. The zero-order valence-electron chi connectivity index (χ0n) is 25.1. The third-order valence-corrected chi connectivity index (χ3v) is 8.96. The Morgan fingerprint density at radius 1 is 0.370 bits per heavy atom. The van der Waals surface area contributed by atoms with Gasteiger partial charge in [0.1, 0.15) is 0 Å². The molecule has 0 spiro atoms. The summed E-state index contributed by atoms with van der Waals surface area (Å²) in [6.45, 7) is 0. The van der Waals surface area contributed by atoms with Crippen molar-refractivity contribution in [3.8, 4) is 45.0 Å². The fourth-order valence-corrected chi connectivity index (χ4v) is 6.68. The number of fused-ring (bicyclic) bond motifs is 4. The molecular formula is C43H29N3. The Morgan fingerprint density at radius 2 is 0.978 bits per heavy atom. The molecule has 46 heavy (non-hydrogen) atoms. The maximum Gasteiger partial charge on any atom is 0.0934 e. The molecule has 7 aromatic carbocycles. The molecule has 216 valence electrons. The third-order valence-electron chi connectivity index (χ3n) is 8.96. The van der Waals surface area contributed by atoms with Crippen molar-refractivity contribution in [2.45, 2.75) is 0 Å². The van der Waals surface area contributed by atoms with Gasteiger partial charge in [0.05, 0.1) is 28.1 Å². The molecule has 9 aromatic rings. The van der Waals surface area contributed by atoms with Gasteiger partial charge in [-0.25, -0.2) is 4.68 Å². The number of benzene rings is 7. The molecule has 0 saturated carbocycles. The van der Waals surface area contributed by atoms with Crippen molar-refractivity contribution in [3.63, 3.8) is 0 Å². The standard InChI is InChI=1S/C43H29N3/c1-3-12-31(13-4-1)40-29-43(32-14-5-2-6-15-32)46(44-40)37-24-22-36(23-25-37)45-41-18-10-9-17-38(41)39-28-35(21-26-42(39)45)34-20-19-30-11-7-8-16-33(30)27-34/h1-29H. The van der Waals surface area contributed by atoms with Crippen molar-refractivity contribution in [1.29, 1.82) is 0 Å². The fraction of sp³-hybridized carbons (Fsp3) is 0. The minimum atomic E-state index is 0.952. The van der Waals surface area contributed by atoms with Gasteiger partial charge in [0.2, 0.25) is 0 Å². The highest BCUT2D eigenvalue weighted by atomic mass is 15.3. The molecule has 0 aliphatic rings. The summed E-state index contributed by atoms with van der Waals surface area (Å²) < 4.78 is 4.43. The van der Waals surface area contributed by atoms with Crippen LogP contribution in [0, 0.1) is 0 Å². The second-order valence-corrected chi connectivity index (χ2v) is 11.7. The number of nitrogens with zero attached hydrogens (tertiary/aromatic N) is 3. The first-order valence-electron chi connectivity index (χ1n) is 15.6. The Balaban J connectivity index is 1.15. The van der Waals surface area contributed by atoms with Crippen molar-refractivity contribution in [3.05, 3.63) is 176 Å². The normalized spacial score (nSPS) is 11.5. The summed E-state index contributed by atoms with van der Waals surface area (Å²) in [5, 5.41) is 10.1. The minimum absolute atomic E-state index is 0.952. The molecule has 2 aromatic heterocycles. The molecule has 0 bridgehead atoms. The SMILES string of the molecule is c1ccc(-c2cc(-c3ccccc3)n(-c3ccc(-n4c5ccccc5c5cc(-c6ccc7ccccc7c6)ccc54)cc3)n2)cc1. The summed E-state index contributed by atoms with van der Waals surface area (Å²) in [6, 6.07) is 62.6. The van der Waals surface area contributed by atoms with Crippen LogP contribution in [0.3, 0.4) is 0 Å². The smallest absolute Gasteiger partial charge is 0.0934 e. The quantitative estimate of drug-likeness (QED) is 0.196. The van der Waals surface area contributed by atoms with Crippen molar-refractivity contribution < 1.29 is 0 Å². The molecule has 3 heteroatoms. The van der Waals surface area contributed by atoms with Gasteiger partial charge in [-0.05, 0) is 76.5 Å². The van der Waals surface area contributed by atoms with Crippen LogP contribution in [0.4, 0.5) is 0 Å². The average molecular weight is 588 g/mol. The van der Waals surface area contributed by atoms with E-state index in [0.29, 0.717) is 0 Å². The van der Waals surface area contributed by atoms with Crippen molar-refractivity contribution in [2.24, 2.45) is 0 Å². The molecule has 0 radical (unpaired) electrons. The monoisotopic (exact) mass is 587 g/mol. The topological polar surface area (TPSA) is 22.8 Å². The number of hydrogen-bond acceptors (Lipinski definition) is 1. The van der Waals surface area contributed by atoms with E-state index >= 15 is 0 Å². The summed E-state index contributed by atoms with van der Waals surface area (Å²) in [4.78, 5) is 0. The Morgan fingerprint density at radius 3 is 1.78 bits per heavy atom. The number of aromatic nitrogens is 3. The van der Waals surface area contributed by atoms with Gasteiger partial charge in [0.25, 0.3) is 0 Å². The van der Waals surface area contributed by atoms with Gasteiger partial charge in [-0.2, -0.15) is 5.10 Å². The van der Waals surface area contributed by atoms with Gasteiger partial charge in [0.15, 0.2) is 0 Å². The molecule has 0 N–H and O–H groups in total. The van der Waals surface area contributed by atoms with Crippen LogP contribution in [-0.2, 0) is 0 Å². The molecule has 9 rings (SSSR count). The molecule has 0 atom stereocenters. The highest BCUT2D eigenvalue weighted by Gasteiger charge is 2.16. The lowest BCUT2D eigenvalue weighted by atomic mass is 9.99. The lowest BCUT2D eigenvalue weighted by Crippen LogP contribution is -2.00. The summed E-state index contributed by atoms with van der Waals surface area (Å²) >= 11 is 0. The summed E-state index contributed by atoms with van der Waals surface area (Å²) in [5.74, 6) is 0. The molecule has 0 aliphatic heterocycles. The Labute approximate surface area is 267 Å². The van der Waals surface area contributed by atoms with Gasteiger partial charge >= 0.3 is 0 Å². The first-order valence-corrected chi connectivity index (χ1v) is 15.6. The van der Waals surface area contributed by atoms with Crippen LogP contribution in [0.15, 0.2) is 176 Å². The molecular weight excluding hydrogens is 558 g/mol. The van der Waals surface area contributed by atoms with E-state index in [0.717, 1.165) is 33.9 Å². The van der Waals surface area contributed by atoms with Crippen LogP contribution in [0.5, 0.6) is 0 Å². The summed E-state index contributed by atoms with van der Waals surface area (Å²) in [6.07, 6.45) is 0. The number of para-hydroxylation sites is 1. The molecule has 0 aliphatic carbocycles. The molecule has 2 heterocycles. The van der Waals surface area contributed by atoms with E-state index in [1.54, 1.807) is 0 Å². The highest BCUT2D eigenvalue weighted by molar-refractivity contribution is 6.10. The van der Waals surface area contributed by atoms with E-state index in [2.05, 4.69) is 173 Å². The summed E-state index contributed by atoms with van der Waals surface area (Å²) in [5.41, 5.74) is 11.2. The number of rotatable bonds is 5. The first-order chi connectivity index (χ1) is 22.8. The Kier molecular flexibility index (Phi) is 6.14. The van der Waals surface area contributed by atoms with Crippen molar-refractivity contribution >= 4 is 32.6 Å². The van der Waals surface area contributed by atoms with E-state index < -0.39 is 0 Å². The van der Waals surface area contributed by atoms with Crippen molar-refractivity contribution in [2.75, 3.05) is 0 Å². The third kappa shape index (κ3) is 4.41. The lowest BCUT2D eigenvalue weighted by Gasteiger charge is -2.11. The van der Waals surface area contributed by atoms with Gasteiger partial charge < -0.3 is 4.57 Å². The van der Waals surface area contributed by atoms with Crippen LogP contribution >= 0.6 is 0 Å². The molecule has 0 fully saturated rings. The van der Waals surface area contributed by atoms with E-state index in [4.69, 9.17) is 5.10 Å². The van der Waals surface area contributed by atoms with Gasteiger partial charge in [-0.1, -0.05) is 121 Å². The fourth-order valence-electron chi connectivity index (χ4n) is 6.68. The van der Waals surface area contributed by atoms with Crippen LogP contribution in [0.2, 0.25) is 0 Å². The highest BCUT2D eigenvalue weighted by Crippen LogP contribution is 2.36. The largest absolute Gasteiger partial charge is 0.309 e. The van der Waals surface area contributed by atoms with Gasteiger partial charge in [0, 0.05) is 27.6 Å². The zero-order chi connectivity index (χ0) is 30.5. The average Bonchev–Trinajstić information content (AvgIpc) is 3.72. The predicted octanol–water partition coefficient (Wildman–Crippen LogP) is 11.1. The molecule has 0 amide bonds. The van der Waals surface area contributed by atoms with Gasteiger partial charge in [-0.3, -0.25) is 0 Å². The van der Waals surface area contributed by atoms with E-state index in [-0.39, 0.29) is 0 Å². The maximum absolute atomic E-state index is 5.09. The van der Waals surface area contributed by atoms with Crippen LogP contribution in [0.25, 0.3) is 77.6 Å². The second kappa shape index (κ2) is 10.8. The van der Waals surface area contributed by atoms with E-state index in [9.17, 15) is 0 Å². The predicted molar refractivity (Wildman–Crippen MR) is 192 cm³/mol. The zero-order valence-corrected chi connectivity index (χ0v) is 25.1. The Bertz CT molecular complexity index is 2500.